The van der Waals surface area contributed by atoms with Gasteiger partial charge in [-0.3, -0.25) is 4.79 Å². The molecule has 0 fully saturated rings. The lowest BCUT2D eigenvalue weighted by Crippen LogP contribution is -2.13. The number of aromatic nitrogens is 1. The van der Waals surface area contributed by atoms with Crippen LogP contribution in [0.4, 0.5) is 10.8 Å². The summed E-state index contributed by atoms with van der Waals surface area (Å²) in [4.78, 5) is 17.5. The number of anilines is 2. The van der Waals surface area contributed by atoms with Gasteiger partial charge in [-0.25, -0.2) is 4.98 Å². The van der Waals surface area contributed by atoms with E-state index >= 15 is 0 Å². The summed E-state index contributed by atoms with van der Waals surface area (Å²) in [5.41, 5.74) is 7.82. The molecule has 3 rings (SSSR count). The Bertz CT molecular complexity index is 897. The fourth-order valence-corrected chi connectivity index (χ4v) is 3.95. The van der Waals surface area contributed by atoms with E-state index in [4.69, 9.17) is 28.9 Å². The summed E-state index contributed by atoms with van der Waals surface area (Å²) in [6.07, 6.45) is 0. The first-order valence-corrected chi connectivity index (χ1v) is 9.82. The number of benzene rings is 2. The second-order valence-corrected chi connectivity index (χ2v) is 7.82. The van der Waals surface area contributed by atoms with Gasteiger partial charge in [0.2, 0.25) is 5.91 Å². The highest BCUT2D eigenvalue weighted by Crippen LogP contribution is 2.32. The van der Waals surface area contributed by atoms with Crippen LogP contribution in [0.25, 0.3) is 11.3 Å². The number of halogens is 2. The number of thioether (sulfide) groups is 1. The van der Waals surface area contributed by atoms with Crippen molar-refractivity contribution in [2.45, 2.75) is 4.90 Å². The van der Waals surface area contributed by atoms with Gasteiger partial charge in [-0.05, 0) is 42.5 Å². The lowest BCUT2D eigenvalue weighted by Gasteiger charge is -2.03. The fourth-order valence-electron chi connectivity index (χ4n) is 2.02. The summed E-state index contributed by atoms with van der Waals surface area (Å²) in [5, 5.41) is 6.26. The largest absolute Gasteiger partial charge is 0.399 e. The zero-order valence-electron chi connectivity index (χ0n) is 12.8. The van der Waals surface area contributed by atoms with E-state index in [0.29, 0.717) is 32.3 Å². The third-order valence-electron chi connectivity index (χ3n) is 3.21. The van der Waals surface area contributed by atoms with Crippen LogP contribution in [-0.4, -0.2) is 16.6 Å². The molecule has 0 radical (unpaired) electrons. The van der Waals surface area contributed by atoms with Gasteiger partial charge in [-0.2, -0.15) is 0 Å². The van der Waals surface area contributed by atoms with Gasteiger partial charge in [0.25, 0.3) is 0 Å². The maximum atomic E-state index is 12.1. The van der Waals surface area contributed by atoms with Crippen molar-refractivity contribution >= 4 is 63.0 Å². The molecular weight excluding hydrogens is 397 g/mol. The Balaban J connectivity index is 1.60. The zero-order chi connectivity index (χ0) is 17.8. The van der Waals surface area contributed by atoms with Crippen LogP contribution in [0.5, 0.6) is 0 Å². The quantitative estimate of drug-likeness (QED) is 0.435. The van der Waals surface area contributed by atoms with Gasteiger partial charge in [0.1, 0.15) is 0 Å². The van der Waals surface area contributed by atoms with E-state index in [-0.39, 0.29) is 5.91 Å². The Hall–Kier alpha value is -1.73. The number of amides is 1. The van der Waals surface area contributed by atoms with Crippen LogP contribution in [0, 0.1) is 0 Å². The Kier molecular flexibility index (Phi) is 5.86. The standard InChI is InChI=1S/C17H13Cl2N3OS2/c18-10-1-6-13(14(19)7-10)15-8-25-17(21-15)22-16(23)9-24-12-4-2-11(20)3-5-12/h1-8H,9,20H2,(H,21,22,23). The molecule has 0 saturated heterocycles. The van der Waals surface area contributed by atoms with Crippen LogP contribution in [0.2, 0.25) is 10.0 Å². The van der Waals surface area contributed by atoms with Gasteiger partial charge < -0.3 is 11.1 Å². The summed E-state index contributed by atoms with van der Waals surface area (Å²) < 4.78 is 0. The van der Waals surface area contributed by atoms with Crippen LogP contribution < -0.4 is 11.1 Å². The van der Waals surface area contributed by atoms with Crippen molar-refractivity contribution in [3.63, 3.8) is 0 Å². The third-order valence-corrected chi connectivity index (χ3v) is 5.53. The van der Waals surface area contributed by atoms with Gasteiger partial charge in [-0.1, -0.05) is 23.2 Å². The summed E-state index contributed by atoms with van der Waals surface area (Å²) in [5.74, 6) is 0.172. The maximum absolute atomic E-state index is 12.1. The number of nitrogen functional groups attached to an aromatic ring is 1. The minimum Gasteiger partial charge on any atom is -0.399 e. The van der Waals surface area contributed by atoms with Crippen molar-refractivity contribution in [2.24, 2.45) is 0 Å². The number of rotatable bonds is 5. The van der Waals surface area contributed by atoms with E-state index in [0.717, 1.165) is 10.5 Å². The average Bonchev–Trinajstić information content (AvgIpc) is 3.02. The molecule has 0 spiro atoms. The number of nitrogens with two attached hydrogens (primary N) is 1. The molecular formula is C17H13Cl2N3OS2. The SMILES string of the molecule is Nc1ccc(SCC(=O)Nc2nc(-c3ccc(Cl)cc3Cl)cs2)cc1. The predicted octanol–water partition coefficient (Wildman–Crippen LogP) is 5.43. The number of nitrogens with one attached hydrogen (secondary N) is 1. The lowest BCUT2D eigenvalue weighted by atomic mass is 10.2. The van der Waals surface area contributed by atoms with Crippen LogP contribution >= 0.6 is 46.3 Å². The van der Waals surface area contributed by atoms with Crippen LogP contribution in [0.3, 0.4) is 0 Å². The Morgan fingerprint density at radius 2 is 1.96 bits per heavy atom. The van der Waals surface area contributed by atoms with E-state index in [2.05, 4.69) is 10.3 Å². The van der Waals surface area contributed by atoms with Gasteiger partial charge >= 0.3 is 0 Å². The van der Waals surface area contributed by atoms with Crippen molar-refractivity contribution < 1.29 is 4.79 Å². The van der Waals surface area contributed by atoms with E-state index in [9.17, 15) is 4.79 Å². The van der Waals surface area contributed by atoms with Gasteiger partial charge in [0.15, 0.2) is 5.13 Å². The average molecular weight is 410 g/mol. The topological polar surface area (TPSA) is 68.0 Å². The molecule has 1 amide bonds. The first kappa shape index (κ1) is 18.1. The molecule has 8 heteroatoms. The molecule has 25 heavy (non-hydrogen) atoms. The molecule has 0 unspecified atom stereocenters. The van der Waals surface area contributed by atoms with Crippen molar-refractivity contribution in [3.05, 3.63) is 57.9 Å². The number of hydrogen-bond donors (Lipinski definition) is 2. The van der Waals surface area contributed by atoms with Crippen molar-refractivity contribution in [1.82, 2.24) is 4.98 Å². The van der Waals surface area contributed by atoms with Gasteiger partial charge in [0, 0.05) is 26.5 Å². The fraction of sp³-hybridized carbons (Fsp3) is 0.0588. The molecule has 4 nitrogen and oxygen atoms in total. The molecule has 3 N–H and O–H groups in total. The molecule has 0 saturated carbocycles. The summed E-state index contributed by atoms with van der Waals surface area (Å²) in [6.45, 7) is 0. The van der Waals surface area contributed by atoms with Crippen molar-refractivity contribution in [2.75, 3.05) is 16.8 Å². The normalized spacial score (nSPS) is 10.6. The number of thiazole rings is 1. The molecule has 0 bridgehead atoms. The van der Waals surface area contributed by atoms with Gasteiger partial charge in [0.05, 0.1) is 16.5 Å². The number of nitrogens with zero attached hydrogens (tertiary/aromatic N) is 1. The maximum Gasteiger partial charge on any atom is 0.236 e. The molecule has 2 aromatic carbocycles. The monoisotopic (exact) mass is 409 g/mol. The summed E-state index contributed by atoms with van der Waals surface area (Å²) >= 11 is 14.9. The Morgan fingerprint density at radius 1 is 1.20 bits per heavy atom. The highest BCUT2D eigenvalue weighted by atomic mass is 35.5. The molecule has 0 aliphatic rings. The minimum absolute atomic E-state index is 0.120. The molecule has 128 valence electrons. The van der Waals surface area contributed by atoms with Crippen molar-refractivity contribution in [1.29, 1.82) is 0 Å². The zero-order valence-corrected chi connectivity index (χ0v) is 16.0. The van der Waals surface area contributed by atoms with E-state index in [1.165, 1.54) is 23.1 Å². The van der Waals surface area contributed by atoms with Crippen LogP contribution in [0.15, 0.2) is 52.7 Å². The molecule has 1 heterocycles. The first-order valence-electron chi connectivity index (χ1n) is 7.20. The number of carbonyl (C=O) groups is 1. The molecule has 0 atom stereocenters. The smallest absolute Gasteiger partial charge is 0.236 e. The number of carbonyl (C=O) groups excluding carboxylic acids is 1. The Labute approximate surface area is 163 Å². The van der Waals surface area contributed by atoms with Crippen LogP contribution in [0.1, 0.15) is 0 Å². The molecule has 1 aromatic heterocycles. The highest BCUT2D eigenvalue weighted by Gasteiger charge is 2.11. The molecule has 3 aromatic rings. The van der Waals surface area contributed by atoms with E-state index < -0.39 is 0 Å². The molecule has 0 aliphatic carbocycles. The lowest BCUT2D eigenvalue weighted by molar-refractivity contribution is -0.113. The van der Waals surface area contributed by atoms with Gasteiger partial charge in [-0.15, -0.1) is 23.1 Å². The summed E-state index contributed by atoms with van der Waals surface area (Å²) in [6, 6.07) is 12.6. The van der Waals surface area contributed by atoms with Crippen molar-refractivity contribution in [3.8, 4) is 11.3 Å². The van der Waals surface area contributed by atoms with E-state index in [1.807, 2.05) is 35.7 Å². The second-order valence-electron chi connectivity index (χ2n) is 5.07. The minimum atomic E-state index is -0.120. The Morgan fingerprint density at radius 3 is 2.68 bits per heavy atom. The first-order chi connectivity index (χ1) is 12.0. The third kappa shape index (κ3) is 4.89. The predicted molar refractivity (Wildman–Crippen MR) is 108 cm³/mol. The highest BCUT2D eigenvalue weighted by molar-refractivity contribution is 8.00. The molecule has 0 aliphatic heterocycles. The van der Waals surface area contributed by atoms with E-state index in [1.54, 1.807) is 12.1 Å². The number of hydrogen-bond acceptors (Lipinski definition) is 5. The second kappa shape index (κ2) is 8.10. The summed E-state index contributed by atoms with van der Waals surface area (Å²) in [7, 11) is 0. The van der Waals surface area contributed by atoms with Crippen LogP contribution in [-0.2, 0) is 4.79 Å².